The first kappa shape index (κ1) is 17.5. The Morgan fingerprint density at radius 3 is 2.76 bits per heavy atom. The Morgan fingerprint density at radius 2 is 2.04 bits per heavy atom. The summed E-state index contributed by atoms with van der Waals surface area (Å²) in [7, 11) is 2.09. The van der Waals surface area contributed by atoms with E-state index in [2.05, 4.69) is 32.3 Å². The standard InChI is InChI=1S/C17H22FN5O2/c1-3-25-17(24)16-15(19-21-20-16)14-5-4-13(18)10-12(14)11-23-8-6-22(2)7-9-23/h4-5,10H,3,6-9,11H2,1-2H3,(H,19,20,21). The Morgan fingerprint density at radius 1 is 1.28 bits per heavy atom. The predicted molar refractivity (Wildman–Crippen MR) is 90.5 cm³/mol. The fourth-order valence-corrected chi connectivity index (χ4v) is 2.93. The summed E-state index contributed by atoms with van der Waals surface area (Å²) < 4.78 is 18.8. The van der Waals surface area contributed by atoms with Crippen LogP contribution in [0.5, 0.6) is 0 Å². The number of rotatable bonds is 5. The van der Waals surface area contributed by atoms with E-state index in [9.17, 15) is 9.18 Å². The van der Waals surface area contributed by atoms with Crippen LogP contribution in [0.1, 0.15) is 23.0 Å². The van der Waals surface area contributed by atoms with Crippen molar-refractivity contribution in [2.24, 2.45) is 0 Å². The lowest BCUT2D eigenvalue weighted by atomic mass is 10.0. The second kappa shape index (κ2) is 7.71. The Bertz CT molecular complexity index is 740. The average molecular weight is 347 g/mol. The zero-order valence-electron chi connectivity index (χ0n) is 14.5. The Balaban J connectivity index is 1.90. The number of H-pyrrole nitrogens is 1. The molecule has 3 rings (SSSR count). The lowest BCUT2D eigenvalue weighted by Gasteiger charge is -2.32. The fraction of sp³-hybridized carbons (Fsp3) is 0.471. The van der Waals surface area contributed by atoms with Crippen molar-refractivity contribution in [3.63, 3.8) is 0 Å². The minimum Gasteiger partial charge on any atom is -0.461 e. The van der Waals surface area contributed by atoms with Crippen molar-refractivity contribution >= 4 is 5.97 Å². The first-order chi connectivity index (χ1) is 12.1. The highest BCUT2D eigenvalue weighted by atomic mass is 19.1. The molecule has 1 saturated heterocycles. The zero-order valence-corrected chi connectivity index (χ0v) is 14.5. The van der Waals surface area contributed by atoms with Crippen LogP contribution in [0, 0.1) is 5.82 Å². The second-order valence-corrected chi connectivity index (χ2v) is 6.12. The van der Waals surface area contributed by atoms with Crippen molar-refractivity contribution in [1.29, 1.82) is 0 Å². The van der Waals surface area contributed by atoms with Gasteiger partial charge in [-0.1, -0.05) is 0 Å². The van der Waals surface area contributed by atoms with Gasteiger partial charge in [-0.05, 0) is 37.7 Å². The number of aromatic amines is 1. The third-order valence-electron chi connectivity index (χ3n) is 4.33. The molecule has 0 aliphatic carbocycles. The van der Waals surface area contributed by atoms with Crippen LogP contribution in [0.2, 0.25) is 0 Å². The van der Waals surface area contributed by atoms with Gasteiger partial charge in [-0.25, -0.2) is 9.18 Å². The van der Waals surface area contributed by atoms with Crippen molar-refractivity contribution in [3.05, 3.63) is 35.3 Å². The second-order valence-electron chi connectivity index (χ2n) is 6.12. The average Bonchev–Trinajstić information content (AvgIpc) is 3.07. The summed E-state index contributed by atoms with van der Waals surface area (Å²) in [5, 5.41) is 10.5. The monoisotopic (exact) mass is 347 g/mol. The summed E-state index contributed by atoms with van der Waals surface area (Å²) in [6.07, 6.45) is 0. The largest absolute Gasteiger partial charge is 0.461 e. The maximum absolute atomic E-state index is 13.8. The maximum Gasteiger partial charge on any atom is 0.361 e. The molecule has 0 spiro atoms. The molecule has 0 unspecified atom stereocenters. The molecule has 0 atom stereocenters. The highest BCUT2D eigenvalue weighted by molar-refractivity contribution is 5.94. The lowest BCUT2D eigenvalue weighted by molar-refractivity contribution is 0.0520. The summed E-state index contributed by atoms with van der Waals surface area (Å²) in [4.78, 5) is 16.6. The molecule has 0 amide bonds. The van der Waals surface area contributed by atoms with Crippen LogP contribution in [-0.2, 0) is 11.3 Å². The van der Waals surface area contributed by atoms with Crippen LogP contribution in [0.25, 0.3) is 11.3 Å². The molecule has 1 aliphatic heterocycles. The van der Waals surface area contributed by atoms with Gasteiger partial charge in [-0.15, -0.1) is 5.10 Å². The number of carbonyl (C=O) groups excluding carboxylic acids is 1. The van der Waals surface area contributed by atoms with Crippen LogP contribution >= 0.6 is 0 Å². The van der Waals surface area contributed by atoms with Crippen molar-refractivity contribution in [3.8, 4) is 11.3 Å². The molecule has 1 fully saturated rings. The number of carbonyl (C=O) groups is 1. The van der Waals surface area contributed by atoms with Gasteiger partial charge in [-0.3, -0.25) is 4.90 Å². The third kappa shape index (κ3) is 4.02. The molecule has 0 radical (unpaired) electrons. The molecule has 0 bridgehead atoms. The molecule has 2 aromatic rings. The van der Waals surface area contributed by atoms with Gasteiger partial charge in [0.15, 0.2) is 5.69 Å². The molecule has 1 aromatic heterocycles. The van der Waals surface area contributed by atoms with E-state index in [1.807, 2.05) is 0 Å². The molecule has 1 N–H and O–H groups in total. The van der Waals surface area contributed by atoms with Crippen LogP contribution in [0.4, 0.5) is 4.39 Å². The van der Waals surface area contributed by atoms with E-state index in [0.717, 1.165) is 31.7 Å². The summed E-state index contributed by atoms with van der Waals surface area (Å²) >= 11 is 0. The smallest absolute Gasteiger partial charge is 0.361 e. The summed E-state index contributed by atoms with van der Waals surface area (Å²) in [6, 6.07) is 4.50. The molecule has 0 saturated carbocycles. The van der Waals surface area contributed by atoms with E-state index in [4.69, 9.17) is 4.74 Å². The molecule has 1 aromatic carbocycles. The lowest BCUT2D eigenvalue weighted by Crippen LogP contribution is -2.43. The van der Waals surface area contributed by atoms with Gasteiger partial charge in [0.25, 0.3) is 0 Å². The summed E-state index contributed by atoms with van der Waals surface area (Å²) in [5.41, 5.74) is 1.98. The molecular formula is C17H22FN5O2. The van der Waals surface area contributed by atoms with E-state index in [0.29, 0.717) is 17.8 Å². The molecule has 7 nitrogen and oxygen atoms in total. The molecule has 25 heavy (non-hydrogen) atoms. The normalized spacial score (nSPS) is 16.1. The number of piperazine rings is 1. The highest BCUT2D eigenvalue weighted by Gasteiger charge is 2.23. The molecule has 1 aliphatic rings. The zero-order chi connectivity index (χ0) is 17.8. The van der Waals surface area contributed by atoms with E-state index in [-0.39, 0.29) is 18.1 Å². The number of likely N-dealkylation sites (N-methyl/N-ethyl adjacent to an activating group) is 1. The minimum atomic E-state index is -0.541. The molecule has 2 heterocycles. The number of halogens is 1. The van der Waals surface area contributed by atoms with Gasteiger partial charge >= 0.3 is 5.97 Å². The van der Waals surface area contributed by atoms with Gasteiger partial charge in [0.2, 0.25) is 0 Å². The van der Waals surface area contributed by atoms with E-state index >= 15 is 0 Å². The van der Waals surface area contributed by atoms with Crippen molar-refractivity contribution < 1.29 is 13.9 Å². The van der Waals surface area contributed by atoms with Crippen molar-refractivity contribution in [2.45, 2.75) is 13.5 Å². The van der Waals surface area contributed by atoms with Crippen LogP contribution < -0.4 is 0 Å². The Kier molecular flexibility index (Phi) is 5.40. The third-order valence-corrected chi connectivity index (χ3v) is 4.33. The first-order valence-electron chi connectivity index (χ1n) is 8.36. The van der Waals surface area contributed by atoms with E-state index in [1.54, 1.807) is 13.0 Å². The minimum absolute atomic E-state index is 0.119. The van der Waals surface area contributed by atoms with Gasteiger partial charge < -0.3 is 9.64 Å². The number of benzene rings is 1. The van der Waals surface area contributed by atoms with Gasteiger partial charge in [0.05, 0.1) is 6.61 Å². The number of ether oxygens (including phenoxy) is 1. The number of hydrogen-bond donors (Lipinski definition) is 1. The molecule has 8 heteroatoms. The number of nitrogens with one attached hydrogen (secondary N) is 1. The number of esters is 1. The van der Waals surface area contributed by atoms with Gasteiger partial charge in [-0.2, -0.15) is 10.3 Å². The summed E-state index contributed by atoms with van der Waals surface area (Å²) in [6.45, 7) is 6.35. The van der Waals surface area contributed by atoms with Crippen molar-refractivity contribution in [1.82, 2.24) is 25.2 Å². The number of aromatic nitrogens is 3. The topological polar surface area (TPSA) is 74.3 Å². The van der Waals surface area contributed by atoms with Crippen molar-refractivity contribution in [2.75, 3.05) is 39.8 Å². The quantitative estimate of drug-likeness (QED) is 0.827. The van der Waals surface area contributed by atoms with Gasteiger partial charge in [0.1, 0.15) is 11.5 Å². The molecule has 134 valence electrons. The number of hydrogen-bond acceptors (Lipinski definition) is 6. The first-order valence-corrected chi connectivity index (χ1v) is 8.36. The highest BCUT2D eigenvalue weighted by Crippen LogP contribution is 2.27. The Hall–Kier alpha value is -2.32. The summed E-state index contributed by atoms with van der Waals surface area (Å²) in [5.74, 6) is -0.852. The SMILES string of the molecule is CCOC(=O)c1n[nH]nc1-c1ccc(F)cc1CN1CCN(C)CC1. The Labute approximate surface area is 145 Å². The van der Waals surface area contributed by atoms with E-state index < -0.39 is 5.97 Å². The molecular weight excluding hydrogens is 325 g/mol. The van der Waals surface area contributed by atoms with Crippen LogP contribution in [0.3, 0.4) is 0 Å². The van der Waals surface area contributed by atoms with Crippen LogP contribution in [-0.4, -0.2) is 71.0 Å². The number of nitrogens with zero attached hydrogens (tertiary/aromatic N) is 4. The fourth-order valence-electron chi connectivity index (χ4n) is 2.93. The van der Waals surface area contributed by atoms with Crippen LogP contribution in [0.15, 0.2) is 18.2 Å². The van der Waals surface area contributed by atoms with Gasteiger partial charge in [0, 0.05) is 38.3 Å². The van der Waals surface area contributed by atoms with E-state index in [1.165, 1.54) is 12.1 Å². The predicted octanol–water partition coefficient (Wildman–Crippen LogP) is 1.53. The maximum atomic E-state index is 13.8.